The molecular weight excluding hydrogens is 292 g/mol. The maximum atomic E-state index is 5.82. The van der Waals surface area contributed by atoms with Crippen molar-refractivity contribution in [2.45, 2.75) is 26.4 Å². The maximum absolute atomic E-state index is 5.82. The van der Waals surface area contributed by atoms with Gasteiger partial charge < -0.3 is 9.15 Å². The van der Waals surface area contributed by atoms with Crippen LogP contribution in [0, 0.1) is 0 Å². The first-order chi connectivity index (χ1) is 11.3. The van der Waals surface area contributed by atoms with Crippen molar-refractivity contribution in [3.63, 3.8) is 0 Å². The van der Waals surface area contributed by atoms with Gasteiger partial charge in [0.15, 0.2) is 5.58 Å². The average Bonchev–Trinajstić information content (AvgIpc) is 2.98. The molecule has 2 aromatic heterocycles. The summed E-state index contributed by atoms with van der Waals surface area (Å²) in [5, 5.41) is 0. The van der Waals surface area contributed by atoms with Crippen molar-refractivity contribution in [3.8, 4) is 5.88 Å². The molecule has 0 N–H and O–H groups in total. The molecule has 0 fully saturated rings. The number of rotatable bonds is 4. The lowest BCUT2D eigenvalue weighted by molar-refractivity contribution is 0.213. The molecule has 0 amide bonds. The highest BCUT2D eigenvalue weighted by atomic mass is 16.5. The quantitative estimate of drug-likeness (QED) is 0.738. The Labute approximate surface area is 134 Å². The van der Waals surface area contributed by atoms with Gasteiger partial charge in [-0.25, -0.2) is 15.0 Å². The Kier molecular flexibility index (Phi) is 3.67. The lowest BCUT2D eigenvalue weighted by Crippen LogP contribution is -2.31. The van der Waals surface area contributed by atoms with Crippen molar-refractivity contribution < 1.29 is 9.15 Å². The summed E-state index contributed by atoms with van der Waals surface area (Å²) in [5.74, 6) is 1.43. The lowest BCUT2D eigenvalue weighted by Gasteiger charge is -2.27. The second-order valence-electron chi connectivity index (χ2n) is 5.57. The van der Waals surface area contributed by atoms with Crippen LogP contribution in [0.3, 0.4) is 0 Å². The fraction of sp³-hybridized carbons (Fsp3) is 0.353. The van der Waals surface area contributed by atoms with Crippen LogP contribution in [0.5, 0.6) is 5.88 Å². The number of oxazole rings is 1. The van der Waals surface area contributed by atoms with E-state index in [0.29, 0.717) is 19.0 Å². The van der Waals surface area contributed by atoms with E-state index in [9.17, 15) is 0 Å². The third-order valence-corrected chi connectivity index (χ3v) is 4.02. The van der Waals surface area contributed by atoms with Crippen molar-refractivity contribution in [3.05, 3.63) is 47.7 Å². The molecule has 0 saturated carbocycles. The number of para-hydroxylation sites is 2. The molecule has 0 aliphatic carbocycles. The van der Waals surface area contributed by atoms with Gasteiger partial charge in [-0.1, -0.05) is 12.1 Å². The minimum absolute atomic E-state index is 0.606. The van der Waals surface area contributed by atoms with Crippen LogP contribution in [0.1, 0.15) is 24.1 Å². The molecule has 1 aromatic carbocycles. The summed E-state index contributed by atoms with van der Waals surface area (Å²) < 4.78 is 11.5. The van der Waals surface area contributed by atoms with Crippen LogP contribution < -0.4 is 4.74 Å². The van der Waals surface area contributed by atoms with Crippen molar-refractivity contribution in [1.82, 2.24) is 19.9 Å². The van der Waals surface area contributed by atoms with Crippen LogP contribution >= 0.6 is 0 Å². The van der Waals surface area contributed by atoms with Crippen molar-refractivity contribution in [2.75, 3.05) is 13.2 Å². The number of hydrogen-bond donors (Lipinski definition) is 0. The molecule has 0 saturated heterocycles. The normalized spacial score (nSPS) is 14.8. The van der Waals surface area contributed by atoms with Crippen molar-refractivity contribution in [1.29, 1.82) is 0 Å². The third kappa shape index (κ3) is 2.77. The van der Waals surface area contributed by atoms with Crippen molar-refractivity contribution >= 4 is 11.1 Å². The van der Waals surface area contributed by atoms with Crippen LogP contribution in [0.4, 0.5) is 0 Å². The van der Waals surface area contributed by atoms with E-state index in [0.717, 1.165) is 47.8 Å². The zero-order valence-corrected chi connectivity index (χ0v) is 13.0. The van der Waals surface area contributed by atoms with E-state index in [-0.39, 0.29) is 0 Å². The second kappa shape index (κ2) is 5.96. The van der Waals surface area contributed by atoms with Crippen LogP contribution in [0.2, 0.25) is 0 Å². The van der Waals surface area contributed by atoms with E-state index in [1.165, 1.54) is 0 Å². The molecule has 0 spiro atoms. The molecule has 6 heteroatoms. The van der Waals surface area contributed by atoms with E-state index < -0.39 is 0 Å². The van der Waals surface area contributed by atoms with Crippen LogP contribution in [-0.2, 0) is 19.5 Å². The molecule has 0 unspecified atom stereocenters. The third-order valence-electron chi connectivity index (χ3n) is 4.02. The number of nitrogens with zero attached hydrogens (tertiary/aromatic N) is 4. The zero-order valence-electron chi connectivity index (χ0n) is 13.0. The first kappa shape index (κ1) is 14.1. The highest BCUT2D eigenvalue weighted by Crippen LogP contribution is 2.26. The van der Waals surface area contributed by atoms with Gasteiger partial charge >= 0.3 is 0 Å². The van der Waals surface area contributed by atoms with E-state index in [4.69, 9.17) is 9.15 Å². The maximum Gasteiger partial charge on any atom is 0.221 e. The molecular formula is C17H18N4O2. The molecule has 0 radical (unpaired) electrons. The van der Waals surface area contributed by atoms with Gasteiger partial charge in [0.25, 0.3) is 0 Å². The molecule has 6 nitrogen and oxygen atoms in total. The summed E-state index contributed by atoms with van der Waals surface area (Å²) in [5.41, 5.74) is 3.89. The summed E-state index contributed by atoms with van der Waals surface area (Å²) in [6.07, 6.45) is 2.47. The van der Waals surface area contributed by atoms with E-state index in [1.54, 1.807) is 6.33 Å². The minimum atomic E-state index is 0.606. The summed E-state index contributed by atoms with van der Waals surface area (Å²) >= 11 is 0. The van der Waals surface area contributed by atoms with Gasteiger partial charge in [-0.05, 0) is 19.1 Å². The Morgan fingerprint density at radius 2 is 2.17 bits per heavy atom. The van der Waals surface area contributed by atoms with Crippen LogP contribution in [0.25, 0.3) is 11.1 Å². The monoisotopic (exact) mass is 310 g/mol. The number of fused-ring (bicyclic) bond motifs is 2. The number of ether oxygens (including phenoxy) is 1. The molecule has 1 aliphatic heterocycles. The van der Waals surface area contributed by atoms with Gasteiger partial charge in [0.2, 0.25) is 11.8 Å². The van der Waals surface area contributed by atoms with E-state index in [2.05, 4.69) is 19.9 Å². The number of benzene rings is 1. The number of aromatic nitrogens is 3. The molecule has 3 aromatic rings. The standard InChI is InChI=1S/C17H18N4O2/c1-2-22-17-12-9-21(8-7-13(12)18-11-19-17)10-16-20-14-5-3-4-6-15(14)23-16/h3-6,11H,2,7-10H2,1H3. The summed E-state index contributed by atoms with van der Waals surface area (Å²) in [7, 11) is 0. The van der Waals surface area contributed by atoms with Gasteiger partial charge in [-0.15, -0.1) is 0 Å². The average molecular weight is 310 g/mol. The highest BCUT2D eigenvalue weighted by molar-refractivity contribution is 5.72. The first-order valence-electron chi connectivity index (χ1n) is 7.86. The molecule has 23 heavy (non-hydrogen) atoms. The number of hydrogen-bond acceptors (Lipinski definition) is 6. The molecule has 118 valence electrons. The molecule has 3 heterocycles. The van der Waals surface area contributed by atoms with Crippen LogP contribution in [-0.4, -0.2) is 33.0 Å². The van der Waals surface area contributed by atoms with E-state index >= 15 is 0 Å². The largest absolute Gasteiger partial charge is 0.478 e. The first-order valence-corrected chi connectivity index (χ1v) is 7.86. The zero-order chi connectivity index (χ0) is 15.6. The summed E-state index contributed by atoms with van der Waals surface area (Å²) in [6, 6.07) is 7.84. The Bertz CT molecular complexity index is 797. The Morgan fingerprint density at radius 3 is 3.04 bits per heavy atom. The Balaban J connectivity index is 1.55. The van der Waals surface area contributed by atoms with Crippen LogP contribution in [0.15, 0.2) is 35.0 Å². The summed E-state index contributed by atoms with van der Waals surface area (Å²) in [4.78, 5) is 15.5. The fourth-order valence-electron chi connectivity index (χ4n) is 2.95. The lowest BCUT2D eigenvalue weighted by atomic mass is 10.1. The van der Waals surface area contributed by atoms with Gasteiger partial charge in [0.1, 0.15) is 11.8 Å². The molecule has 4 rings (SSSR count). The van der Waals surface area contributed by atoms with Gasteiger partial charge in [-0.2, -0.15) is 0 Å². The smallest absolute Gasteiger partial charge is 0.221 e. The molecule has 0 bridgehead atoms. The summed E-state index contributed by atoms with van der Waals surface area (Å²) in [6.45, 7) is 4.93. The minimum Gasteiger partial charge on any atom is -0.478 e. The second-order valence-corrected chi connectivity index (χ2v) is 5.57. The Morgan fingerprint density at radius 1 is 1.26 bits per heavy atom. The Hall–Kier alpha value is -2.47. The van der Waals surface area contributed by atoms with E-state index in [1.807, 2.05) is 31.2 Å². The molecule has 1 aliphatic rings. The SMILES string of the molecule is CCOc1ncnc2c1CN(Cc1nc3ccccc3o1)CC2. The van der Waals surface area contributed by atoms with Gasteiger partial charge in [-0.3, -0.25) is 4.90 Å². The predicted octanol–water partition coefficient (Wildman–Crippen LogP) is 2.57. The topological polar surface area (TPSA) is 64.3 Å². The predicted molar refractivity (Wildman–Crippen MR) is 85.0 cm³/mol. The van der Waals surface area contributed by atoms with Crippen molar-refractivity contribution in [2.24, 2.45) is 0 Å². The highest BCUT2D eigenvalue weighted by Gasteiger charge is 2.23. The fourth-order valence-corrected chi connectivity index (χ4v) is 2.95. The molecule has 0 atom stereocenters. The van der Waals surface area contributed by atoms with Gasteiger partial charge in [0.05, 0.1) is 18.8 Å². The van der Waals surface area contributed by atoms with Gasteiger partial charge in [0, 0.05) is 25.1 Å².